The first-order chi connectivity index (χ1) is 12.3. The Labute approximate surface area is 159 Å². The van der Waals surface area contributed by atoms with Crippen molar-refractivity contribution in [2.75, 3.05) is 30.5 Å². The van der Waals surface area contributed by atoms with Crippen molar-refractivity contribution in [3.63, 3.8) is 0 Å². The maximum absolute atomic E-state index is 12.3. The first kappa shape index (κ1) is 19.8. The standard InChI is InChI=1S/C20H25N3O2S/c1-13-9-14(2)19(15(3)10-13)22-18(24)12-23(4)20(25)21-16-7-6-8-17(11-16)26-5/h6-11H,12H2,1-5H3,(H,21,25)(H,22,24). The fourth-order valence-corrected chi connectivity index (χ4v) is 3.22. The second kappa shape index (κ2) is 8.76. The zero-order valence-electron chi connectivity index (χ0n) is 15.8. The lowest BCUT2D eigenvalue weighted by atomic mass is 10.1. The molecule has 0 fully saturated rings. The van der Waals surface area contributed by atoms with Crippen LogP contribution in [-0.4, -0.2) is 36.7 Å². The van der Waals surface area contributed by atoms with Crippen LogP contribution in [0.25, 0.3) is 0 Å². The molecule has 0 heterocycles. The number of carbonyl (C=O) groups is 2. The molecule has 0 spiro atoms. The van der Waals surface area contributed by atoms with Gasteiger partial charge in [-0.25, -0.2) is 4.79 Å². The number of amides is 3. The Kier molecular flexibility index (Phi) is 6.69. The Morgan fingerprint density at radius 3 is 2.31 bits per heavy atom. The summed E-state index contributed by atoms with van der Waals surface area (Å²) in [6.45, 7) is 5.92. The molecule has 2 N–H and O–H groups in total. The average Bonchev–Trinajstić information content (AvgIpc) is 2.58. The molecular formula is C20H25N3O2S. The van der Waals surface area contributed by atoms with Crippen LogP contribution in [-0.2, 0) is 4.79 Å². The molecule has 0 aliphatic carbocycles. The lowest BCUT2D eigenvalue weighted by Gasteiger charge is -2.19. The zero-order chi connectivity index (χ0) is 19.3. The van der Waals surface area contributed by atoms with Gasteiger partial charge in [-0.05, 0) is 56.4 Å². The molecule has 5 nitrogen and oxygen atoms in total. The third-order valence-corrected chi connectivity index (χ3v) is 4.72. The molecule has 26 heavy (non-hydrogen) atoms. The van der Waals surface area contributed by atoms with Gasteiger partial charge in [-0.1, -0.05) is 23.8 Å². The Morgan fingerprint density at radius 1 is 1.04 bits per heavy atom. The summed E-state index contributed by atoms with van der Waals surface area (Å²) in [5, 5.41) is 5.72. The fraction of sp³-hybridized carbons (Fsp3) is 0.300. The van der Waals surface area contributed by atoms with E-state index in [0.29, 0.717) is 5.69 Å². The van der Waals surface area contributed by atoms with Gasteiger partial charge in [0, 0.05) is 23.3 Å². The van der Waals surface area contributed by atoms with E-state index in [1.54, 1.807) is 18.8 Å². The molecule has 3 amide bonds. The molecular weight excluding hydrogens is 346 g/mol. The lowest BCUT2D eigenvalue weighted by Crippen LogP contribution is -2.37. The number of benzene rings is 2. The fourth-order valence-electron chi connectivity index (χ4n) is 2.76. The van der Waals surface area contributed by atoms with E-state index in [-0.39, 0.29) is 18.5 Å². The molecule has 0 saturated carbocycles. The van der Waals surface area contributed by atoms with Gasteiger partial charge >= 0.3 is 6.03 Å². The third kappa shape index (κ3) is 5.26. The molecule has 2 aromatic carbocycles. The van der Waals surface area contributed by atoms with Crippen molar-refractivity contribution in [3.05, 3.63) is 53.1 Å². The monoisotopic (exact) mass is 371 g/mol. The first-order valence-corrected chi connectivity index (χ1v) is 9.56. The molecule has 138 valence electrons. The minimum atomic E-state index is -0.323. The Balaban J connectivity index is 1.97. The second-order valence-electron chi connectivity index (χ2n) is 6.34. The molecule has 0 atom stereocenters. The number of anilines is 2. The summed E-state index contributed by atoms with van der Waals surface area (Å²) >= 11 is 1.60. The van der Waals surface area contributed by atoms with E-state index >= 15 is 0 Å². The summed E-state index contributed by atoms with van der Waals surface area (Å²) in [5.41, 5.74) is 4.69. The van der Waals surface area contributed by atoms with Crippen LogP contribution in [0.5, 0.6) is 0 Å². The van der Waals surface area contributed by atoms with Crippen molar-refractivity contribution in [2.45, 2.75) is 25.7 Å². The predicted octanol–water partition coefficient (Wildman–Crippen LogP) is 4.44. The quantitative estimate of drug-likeness (QED) is 0.764. The highest BCUT2D eigenvalue weighted by Gasteiger charge is 2.15. The number of carbonyl (C=O) groups excluding carboxylic acids is 2. The van der Waals surface area contributed by atoms with Crippen molar-refractivity contribution >= 4 is 35.1 Å². The van der Waals surface area contributed by atoms with Gasteiger partial charge in [0.1, 0.15) is 6.54 Å². The van der Waals surface area contributed by atoms with Gasteiger partial charge in [-0.2, -0.15) is 0 Å². The number of likely N-dealkylation sites (N-methyl/N-ethyl adjacent to an activating group) is 1. The normalized spacial score (nSPS) is 10.3. The summed E-state index contributed by atoms with van der Waals surface area (Å²) < 4.78 is 0. The topological polar surface area (TPSA) is 61.4 Å². The summed E-state index contributed by atoms with van der Waals surface area (Å²) in [6, 6.07) is 11.3. The van der Waals surface area contributed by atoms with E-state index in [4.69, 9.17) is 0 Å². The van der Waals surface area contributed by atoms with Crippen LogP contribution in [0.3, 0.4) is 0 Å². The van der Waals surface area contributed by atoms with Crippen LogP contribution in [0.4, 0.5) is 16.2 Å². The van der Waals surface area contributed by atoms with Crippen LogP contribution in [0.2, 0.25) is 0 Å². The van der Waals surface area contributed by atoms with E-state index in [9.17, 15) is 9.59 Å². The first-order valence-electron chi connectivity index (χ1n) is 8.34. The van der Waals surface area contributed by atoms with Crippen LogP contribution < -0.4 is 10.6 Å². The Bertz CT molecular complexity index is 797. The van der Waals surface area contributed by atoms with Gasteiger partial charge in [0.2, 0.25) is 5.91 Å². The van der Waals surface area contributed by atoms with Gasteiger partial charge in [-0.3, -0.25) is 4.79 Å². The number of nitrogens with one attached hydrogen (secondary N) is 2. The van der Waals surface area contributed by atoms with Crippen LogP contribution in [0, 0.1) is 20.8 Å². The van der Waals surface area contributed by atoms with Gasteiger partial charge in [-0.15, -0.1) is 11.8 Å². The molecule has 0 aliphatic rings. The molecule has 0 radical (unpaired) electrons. The highest BCUT2D eigenvalue weighted by molar-refractivity contribution is 7.98. The van der Waals surface area contributed by atoms with Crippen molar-refractivity contribution in [1.82, 2.24) is 4.90 Å². The SMILES string of the molecule is CSc1cccc(NC(=O)N(C)CC(=O)Nc2c(C)cc(C)cc2C)c1. The smallest absolute Gasteiger partial charge is 0.322 e. The van der Waals surface area contributed by atoms with E-state index in [1.807, 2.05) is 63.4 Å². The van der Waals surface area contributed by atoms with Gasteiger partial charge in [0.05, 0.1) is 0 Å². The maximum atomic E-state index is 12.3. The molecule has 0 bridgehead atoms. The van der Waals surface area contributed by atoms with E-state index in [0.717, 1.165) is 27.3 Å². The molecule has 2 rings (SSSR count). The van der Waals surface area contributed by atoms with Crippen molar-refractivity contribution in [3.8, 4) is 0 Å². The van der Waals surface area contributed by atoms with Gasteiger partial charge < -0.3 is 15.5 Å². The minimum Gasteiger partial charge on any atom is -0.324 e. The minimum absolute atomic E-state index is 0.0270. The Hall–Kier alpha value is -2.47. The van der Waals surface area contributed by atoms with Crippen molar-refractivity contribution in [1.29, 1.82) is 0 Å². The molecule has 6 heteroatoms. The summed E-state index contributed by atoms with van der Waals surface area (Å²) in [4.78, 5) is 27.1. The van der Waals surface area contributed by atoms with Crippen molar-refractivity contribution in [2.24, 2.45) is 0 Å². The molecule has 2 aromatic rings. The largest absolute Gasteiger partial charge is 0.324 e. The van der Waals surface area contributed by atoms with Crippen LogP contribution in [0.1, 0.15) is 16.7 Å². The number of hydrogen-bond donors (Lipinski definition) is 2. The molecule has 0 unspecified atom stereocenters. The van der Waals surface area contributed by atoms with Crippen LogP contribution >= 0.6 is 11.8 Å². The second-order valence-corrected chi connectivity index (χ2v) is 7.22. The summed E-state index contributed by atoms with van der Waals surface area (Å²) in [5.74, 6) is -0.226. The molecule has 0 saturated heterocycles. The predicted molar refractivity (Wildman–Crippen MR) is 109 cm³/mol. The van der Waals surface area contributed by atoms with Crippen molar-refractivity contribution < 1.29 is 9.59 Å². The van der Waals surface area contributed by atoms with E-state index < -0.39 is 0 Å². The highest BCUT2D eigenvalue weighted by atomic mass is 32.2. The highest BCUT2D eigenvalue weighted by Crippen LogP contribution is 2.22. The number of rotatable bonds is 5. The number of thioether (sulfide) groups is 1. The third-order valence-electron chi connectivity index (χ3n) is 3.99. The van der Waals surface area contributed by atoms with Crippen LogP contribution in [0.15, 0.2) is 41.3 Å². The number of hydrogen-bond acceptors (Lipinski definition) is 3. The van der Waals surface area contributed by atoms with Gasteiger partial charge in [0.25, 0.3) is 0 Å². The maximum Gasteiger partial charge on any atom is 0.322 e. The number of urea groups is 1. The van der Waals surface area contributed by atoms with E-state index in [1.165, 1.54) is 4.90 Å². The molecule has 0 aliphatic heterocycles. The summed E-state index contributed by atoms with van der Waals surface area (Å²) in [6.07, 6.45) is 1.98. The Morgan fingerprint density at radius 2 is 1.69 bits per heavy atom. The number of aryl methyl sites for hydroxylation is 3. The average molecular weight is 372 g/mol. The molecule has 0 aromatic heterocycles. The summed E-state index contributed by atoms with van der Waals surface area (Å²) in [7, 11) is 1.60. The lowest BCUT2D eigenvalue weighted by molar-refractivity contribution is -0.116. The number of nitrogens with zero attached hydrogens (tertiary/aromatic N) is 1. The van der Waals surface area contributed by atoms with E-state index in [2.05, 4.69) is 10.6 Å². The zero-order valence-corrected chi connectivity index (χ0v) is 16.7. The van der Waals surface area contributed by atoms with Gasteiger partial charge in [0.15, 0.2) is 0 Å².